The van der Waals surface area contributed by atoms with E-state index in [9.17, 15) is 39.5 Å². The van der Waals surface area contributed by atoms with Gasteiger partial charge in [-0.2, -0.15) is 31.4 Å². The summed E-state index contributed by atoms with van der Waals surface area (Å²) in [7, 11) is -12.1. The van der Waals surface area contributed by atoms with E-state index in [2.05, 4.69) is 20.5 Å². The number of fused-ring (bicyclic) bond motifs is 1. The lowest BCUT2D eigenvalue weighted by molar-refractivity contribution is 0.416. The van der Waals surface area contributed by atoms with Gasteiger partial charge in [0.25, 0.3) is 20.2 Å². The maximum absolute atomic E-state index is 12.7. The first-order valence-electron chi connectivity index (χ1n) is 13.6. The van der Waals surface area contributed by atoms with Gasteiger partial charge in [0.1, 0.15) is 22.0 Å². The minimum Gasteiger partial charge on any atom is -0.505 e. The van der Waals surface area contributed by atoms with Crippen LogP contribution in [0.3, 0.4) is 0 Å². The molecule has 0 atom stereocenters. The zero-order chi connectivity index (χ0) is 34.9. The molecule has 0 aromatic heterocycles. The van der Waals surface area contributed by atoms with E-state index in [1.807, 2.05) is 0 Å². The van der Waals surface area contributed by atoms with Crippen LogP contribution in [0.5, 0.6) is 11.5 Å². The Hall–Kier alpha value is -4.53. The lowest BCUT2D eigenvalue weighted by Gasteiger charge is -2.18. The first-order valence-corrected chi connectivity index (χ1v) is 17.9. The van der Waals surface area contributed by atoms with Gasteiger partial charge in [-0.25, -0.2) is 8.42 Å². The number of nitrogen functional groups attached to an aromatic ring is 1. The Morgan fingerprint density at radius 1 is 0.787 bits per heavy atom. The molecule has 4 aromatic rings. The summed E-state index contributed by atoms with van der Waals surface area (Å²) >= 11 is 0. The number of nitrogens with zero attached hydrogens (tertiary/aromatic N) is 5. The van der Waals surface area contributed by atoms with Crippen LogP contribution in [0.15, 0.2) is 89.7 Å². The van der Waals surface area contributed by atoms with Crippen LogP contribution in [-0.4, -0.2) is 64.0 Å². The van der Waals surface area contributed by atoms with Crippen molar-refractivity contribution in [2.75, 3.05) is 25.9 Å². The molecule has 0 radical (unpaired) electrons. The molecule has 0 aliphatic heterocycles. The van der Waals surface area contributed by atoms with Crippen LogP contribution in [-0.2, 0) is 30.3 Å². The molecule has 4 aromatic carbocycles. The number of nitrogens with two attached hydrogens (primary N) is 1. The third-order valence-electron chi connectivity index (χ3n) is 6.94. The topological polar surface area (TPSA) is 251 Å². The van der Waals surface area contributed by atoms with Crippen molar-refractivity contribution in [2.45, 2.75) is 35.5 Å². The van der Waals surface area contributed by atoms with Crippen molar-refractivity contribution in [3.8, 4) is 11.5 Å². The predicted octanol–water partition coefficient (Wildman–Crippen LogP) is 5.80. The molecule has 0 aliphatic rings. The average molecular weight is 707 g/mol. The maximum atomic E-state index is 12.7. The number of phenolic OH excluding ortho intramolecular Hbond substituents is 1. The van der Waals surface area contributed by atoms with Crippen molar-refractivity contribution in [2.24, 2.45) is 20.5 Å². The van der Waals surface area contributed by atoms with Gasteiger partial charge in [-0.3, -0.25) is 9.11 Å². The summed E-state index contributed by atoms with van der Waals surface area (Å²) in [5.74, 6) is -0.727. The van der Waals surface area contributed by atoms with Gasteiger partial charge >= 0.3 is 0 Å². The molecule has 0 spiro atoms. The third-order valence-corrected chi connectivity index (χ3v) is 10.7. The Morgan fingerprint density at radius 2 is 1.40 bits per heavy atom. The summed E-state index contributed by atoms with van der Waals surface area (Å²) in [6, 6.07) is 11.4. The Morgan fingerprint density at radius 3 is 1.96 bits per heavy atom. The molecule has 16 nitrogen and oxygen atoms in total. The van der Waals surface area contributed by atoms with Crippen molar-refractivity contribution in [1.82, 2.24) is 4.31 Å². The van der Waals surface area contributed by atoms with E-state index in [1.54, 1.807) is 20.8 Å². The number of azo groups is 2. The summed E-state index contributed by atoms with van der Waals surface area (Å²) in [5.41, 5.74) is 6.15. The van der Waals surface area contributed by atoms with Crippen molar-refractivity contribution in [3.63, 3.8) is 0 Å². The van der Waals surface area contributed by atoms with Crippen molar-refractivity contribution in [3.05, 3.63) is 60.2 Å². The molecule has 0 bridgehead atoms. The highest BCUT2D eigenvalue weighted by molar-refractivity contribution is 7.89. The minimum absolute atomic E-state index is 0.0605. The second kappa shape index (κ2) is 13.3. The van der Waals surface area contributed by atoms with Crippen molar-refractivity contribution in [1.29, 1.82) is 0 Å². The monoisotopic (exact) mass is 706 g/mol. The predicted molar refractivity (Wildman–Crippen MR) is 172 cm³/mol. The molecular weight excluding hydrogens is 677 g/mol. The molecule has 0 aliphatic carbocycles. The Kier molecular flexibility index (Phi) is 9.99. The molecule has 0 fully saturated rings. The second-order valence-corrected chi connectivity index (χ2v) is 14.7. The number of phenols is 1. The number of rotatable bonds is 11. The summed E-state index contributed by atoms with van der Waals surface area (Å²) in [4.78, 5) is -1.47. The smallest absolute Gasteiger partial charge is 0.296 e. The molecule has 19 heteroatoms. The third kappa shape index (κ3) is 7.39. The van der Waals surface area contributed by atoms with Gasteiger partial charge in [0.05, 0.1) is 28.3 Å². The number of aromatic hydroxyl groups is 1. The van der Waals surface area contributed by atoms with Crippen LogP contribution in [0, 0.1) is 6.92 Å². The summed E-state index contributed by atoms with van der Waals surface area (Å²) in [5, 5.41) is 26.8. The van der Waals surface area contributed by atoms with Gasteiger partial charge < -0.3 is 15.6 Å². The fourth-order valence-electron chi connectivity index (χ4n) is 4.56. The highest BCUT2D eigenvalue weighted by atomic mass is 32.2. The molecule has 47 heavy (non-hydrogen) atoms. The molecule has 0 unspecified atom stereocenters. The standard InChI is InChI=1S/C28H30N6O10S3/c1-5-34(6-2)45(36,37)19-9-7-18(8-10-19)30-31-22-15-24(44-4)23(11-16(22)3)32-33-27-25(47(41,42)43)13-17-12-20(46(38,39)40)14-21(29)26(17)28(27)35/h7-15,35H,5-6,29H2,1-4H3,(H,38,39,40)(H,41,42,43)/b31-30+,33-32+. The maximum Gasteiger partial charge on any atom is 0.296 e. The molecular formula is C28H30N6O10S3. The SMILES string of the molecule is CCN(CC)S(=O)(=O)c1ccc(/N=N/c2cc(OC)c(/N=N/c3c(S(=O)(=O)O)cc4cc(S(=O)(=O)O)cc(N)c4c3O)cc2C)cc1. The number of hydrogen-bond donors (Lipinski definition) is 4. The molecule has 4 rings (SSSR count). The van der Waals surface area contributed by atoms with Gasteiger partial charge in [-0.05, 0) is 66.4 Å². The van der Waals surface area contributed by atoms with E-state index in [0.29, 0.717) is 30.0 Å². The molecule has 0 heterocycles. The van der Waals surface area contributed by atoms with Gasteiger partial charge in [0.2, 0.25) is 10.0 Å². The number of benzene rings is 4. The lowest BCUT2D eigenvalue weighted by Crippen LogP contribution is -2.30. The van der Waals surface area contributed by atoms with Crippen LogP contribution in [0.4, 0.5) is 28.4 Å². The van der Waals surface area contributed by atoms with E-state index in [0.717, 1.165) is 18.2 Å². The van der Waals surface area contributed by atoms with Crippen LogP contribution in [0.2, 0.25) is 0 Å². The van der Waals surface area contributed by atoms with Crippen molar-refractivity contribution < 1.29 is 44.2 Å². The lowest BCUT2D eigenvalue weighted by atomic mass is 10.1. The number of ether oxygens (including phenoxy) is 1. The van der Waals surface area contributed by atoms with Gasteiger partial charge in [0.15, 0.2) is 5.75 Å². The highest BCUT2D eigenvalue weighted by Gasteiger charge is 2.25. The molecule has 0 saturated heterocycles. The van der Waals surface area contributed by atoms with Gasteiger partial charge in [0, 0.05) is 30.2 Å². The summed E-state index contributed by atoms with van der Waals surface area (Å²) in [6.45, 7) is 5.82. The molecule has 0 saturated carbocycles. The molecule has 5 N–H and O–H groups in total. The van der Waals surface area contributed by atoms with Crippen LogP contribution < -0.4 is 10.5 Å². The van der Waals surface area contributed by atoms with E-state index >= 15 is 0 Å². The first kappa shape index (κ1) is 35.3. The number of sulfonamides is 1. The Labute approximate surface area is 270 Å². The van der Waals surface area contributed by atoms with E-state index in [4.69, 9.17) is 10.5 Å². The Bertz CT molecular complexity index is 2250. The highest BCUT2D eigenvalue weighted by Crippen LogP contribution is 2.45. The minimum atomic E-state index is -5.06. The zero-order valence-corrected chi connectivity index (χ0v) is 27.8. The number of hydrogen-bond acceptors (Lipinski definition) is 13. The summed E-state index contributed by atoms with van der Waals surface area (Å²) in [6.07, 6.45) is 0. The zero-order valence-electron chi connectivity index (χ0n) is 25.3. The summed E-state index contributed by atoms with van der Waals surface area (Å²) < 4.78 is 99.1. The van der Waals surface area contributed by atoms with Gasteiger partial charge in [-0.15, -0.1) is 10.2 Å². The quantitative estimate of drug-likeness (QED) is 0.0824. The molecule has 0 amide bonds. The van der Waals surface area contributed by atoms with E-state index in [-0.39, 0.29) is 32.8 Å². The largest absolute Gasteiger partial charge is 0.505 e. The van der Waals surface area contributed by atoms with Crippen LogP contribution in [0.1, 0.15) is 19.4 Å². The van der Waals surface area contributed by atoms with Crippen LogP contribution >= 0.6 is 0 Å². The molecule has 250 valence electrons. The number of methoxy groups -OCH3 is 1. The first-order chi connectivity index (χ1) is 21.9. The normalized spacial score (nSPS) is 12.9. The number of anilines is 1. The Balaban J connectivity index is 1.72. The average Bonchev–Trinajstić information content (AvgIpc) is 2.99. The number of aryl methyl sites for hydroxylation is 1. The fourth-order valence-corrected chi connectivity index (χ4v) is 7.23. The van der Waals surface area contributed by atoms with Gasteiger partial charge in [-0.1, -0.05) is 13.8 Å². The van der Waals surface area contributed by atoms with E-state index in [1.165, 1.54) is 47.8 Å². The van der Waals surface area contributed by atoms with E-state index < -0.39 is 51.5 Å². The van der Waals surface area contributed by atoms with Crippen LogP contribution in [0.25, 0.3) is 10.8 Å². The fraction of sp³-hybridized carbons (Fsp3) is 0.214. The second-order valence-electron chi connectivity index (χ2n) is 9.93. The van der Waals surface area contributed by atoms with Crippen molar-refractivity contribution >= 4 is 69.5 Å².